The van der Waals surface area contributed by atoms with Crippen molar-refractivity contribution in [3.05, 3.63) is 53.9 Å². The van der Waals surface area contributed by atoms with Crippen molar-refractivity contribution in [3.63, 3.8) is 0 Å². The van der Waals surface area contributed by atoms with E-state index in [4.69, 9.17) is 10.5 Å². The smallest absolute Gasteiger partial charge is 0.422 e. The molecule has 2 amide bonds. The van der Waals surface area contributed by atoms with Gasteiger partial charge in [0.25, 0.3) is 11.8 Å². The monoisotopic (exact) mass is 383 g/mol. The minimum absolute atomic E-state index is 0.0216. The molecule has 3 N–H and O–H groups in total. The number of primary amides is 1. The molecule has 0 aliphatic carbocycles. The van der Waals surface area contributed by atoms with Crippen LogP contribution in [0.4, 0.5) is 13.2 Å². The first-order valence-corrected chi connectivity index (χ1v) is 7.67. The molecule has 0 bridgehead atoms. The lowest BCUT2D eigenvalue weighted by Crippen LogP contribution is -2.26. The highest BCUT2D eigenvalue weighted by molar-refractivity contribution is 5.97. The average molecular weight is 383 g/mol. The van der Waals surface area contributed by atoms with Crippen LogP contribution in [0.15, 0.2) is 42.6 Å². The van der Waals surface area contributed by atoms with Gasteiger partial charge in [-0.15, -0.1) is 0 Å². The second-order valence-corrected chi connectivity index (χ2v) is 5.32. The van der Waals surface area contributed by atoms with Crippen LogP contribution in [0.3, 0.4) is 0 Å². The van der Waals surface area contributed by atoms with E-state index in [9.17, 15) is 22.8 Å². The number of nitrogens with two attached hydrogens (primary N) is 1. The molecule has 0 aliphatic rings. The Morgan fingerprint density at radius 2 is 1.93 bits per heavy atom. The number of ether oxygens (including phenoxy) is 2. The van der Waals surface area contributed by atoms with E-state index in [2.05, 4.69) is 15.0 Å². The Morgan fingerprint density at radius 1 is 1.15 bits per heavy atom. The molecule has 0 fully saturated rings. The van der Waals surface area contributed by atoms with Gasteiger partial charge in [-0.05, 0) is 30.3 Å². The predicted octanol–water partition coefficient (Wildman–Crippen LogP) is 1.82. The second kappa shape index (κ2) is 8.88. The molecule has 0 saturated carbocycles. The largest absolute Gasteiger partial charge is 0.484 e. The Hall–Kier alpha value is -3.30. The minimum Gasteiger partial charge on any atom is -0.484 e. The molecule has 1 heterocycles. The summed E-state index contributed by atoms with van der Waals surface area (Å²) in [5.41, 5.74) is 5.48. The summed E-state index contributed by atoms with van der Waals surface area (Å²) in [7, 11) is 0. The van der Waals surface area contributed by atoms with Gasteiger partial charge in [0.05, 0.1) is 17.8 Å². The van der Waals surface area contributed by atoms with Gasteiger partial charge in [-0.3, -0.25) is 14.6 Å². The summed E-state index contributed by atoms with van der Waals surface area (Å²) in [6, 6.07) is 8.65. The molecule has 0 spiro atoms. The lowest BCUT2D eigenvalue weighted by molar-refractivity contribution is -0.153. The van der Waals surface area contributed by atoms with Gasteiger partial charge in [0.1, 0.15) is 11.5 Å². The van der Waals surface area contributed by atoms with Gasteiger partial charge >= 0.3 is 6.18 Å². The highest BCUT2D eigenvalue weighted by Crippen LogP contribution is 2.26. The van der Waals surface area contributed by atoms with Crippen molar-refractivity contribution in [1.29, 1.82) is 0 Å². The van der Waals surface area contributed by atoms with Crippen molar-refractivity contribution < 1.29 is 32.2 Å². The average Bonchev–Trinajstić information content (AvgIpc) is 2.63. The Morgan fingerprint density at radius 3 is 2.56 bits per heavy atom. The third-order valence-electron chi connectivity index (χ3n) is 3.12. The van der Waals surface area contributed by atoms with Gasteiger partial charge in [-0.1, -0.05) is 6.07 Å². The van der Waals surface area contributed by atoms with Gasteiger partial charge in [0.2, 0.25) is 0 Å². The fourth-order valence-corrected chi connectivity index (χ4v) is 1.98. The van der Waals surface area contributed by atoms with Crippen LogP contribution in [0.5, 0.6) is 11.5 Å². The summed E-state index contributed by atoms with van der Waals surface area (Å²) in [6.07, 6.45) is -2.98. The third-order valence-corrected chi connectivity index (χ3v) is 3.12. The number of alkyl halides is 3. The highest BCUT2D eigenvalue weighted by atomic mass is 19.4. The normalized spacial score (nSPS) is 10.9. The molecule has 0 radical (unpaired) electrons. The van der Waals surface area contributed by atoms with Crippen molar-refractivity contribution in [1.82, 2.24) is 10.3 Å². The van der Waals surface area contributed by atoms with Crippen LogP contribution in [-0.4, -0.2) is 36.2 Å². The predicted molar refractivity (Wildman–Crippen MR) is 88.1 cm³/mol. The Kier molecular flexibility index (Phi) is 6.58. The standard InChI is InChI=1S/C17H16F3N3O4/c18-17(19,20)10-27-12-4-5-14(26-9-15(21)24)13(7-12)16(25)23-8-11-3-1-2-6-22-11/h1-7H,8-10H2,(H2,21,24)(H,23,25). The third kappa shape index (κ3) is 6.84. The van der Waals surface area contributed by atoms with E-state index in [1.807, 2.05) is 0 Å². The molecule has 27 heavy (non-hydrogen) atoms. The fraction of sp³-hybridized carbons (Fsp3) is 0.235. The summed E-state index contributed by atoms with van der Waals surface area (Å²) in [4.78, 5) is 27.4. The maximum atomic E-state index is 12.4. The fourth-order valence-electron chi connectivity index (χ4n) is 1.98. The second-order valence-electron chi connectivity index (χ2n) is 5.32. The van der Waals surface area contributed by atoms with E-state index in [0.717, 1.165) is 6.07 Å². The lowest BCUT2D eigenvalue weighted by Gasteiger charge is -2.14. The van der Waals surface area contributed by atoms with Crippen LogP contribution in [0.25, 0.3) is 0 Å². The summed E-state index contributed by atoms with van der Waals surface area (Å²) in [5, 5.41) is 2.57. The maximum absolute atomic E-state index is 12.4. The zero-order valence-electron chi connectivity index (χ0n) is 14.0. The zero-order valence-corrected chi connectivity index (χ0v) is 14.0. The first kappa shape index (κ1) is 20.0. The number of hydrogen-bond donors (Lipinski definition) is 2. The molecular formula is C17H16F3N3O4. The van der Waals surface area contributed by atoms with Gasteiger partial charge in [-0.2, -0.15) is 13.2 Å². The number of rotatable bonds is 8. The molecule has 2 rings (SSSR count). The highest BCUT2D eigenvalue weighted by Gasteiger charge is 2.28. The summed E-state index contributed by atoms with van der Waals surface area (Å²) in [5.74, 6) is -1.61. The summed E-state index contributed by atoms with van der Waals surface area (Å²) >= 11 is 0. The topological polar surface area (TPSA) is 104 Å². The quantitative estimate of drug-likeness (QED) is 0.724. The van der Waals surface area contributed by atoms with E-state index in [0.29, 0.717) is 5.69 Å². The van der Waals surface area contributed by atoms with E-state index in [-0.39, 0.29) is 23.6 Å². The summed E-state index contributed by atoms with van der Waals surface area (Å²) in [6.45, 7) is -1.92. The van der Waals surface area contributed by atoms with Gasteiger partial charge in [0.15, 0.2) is 13.2 Å². The number of nitrogens with zero attached hydrogens (tertiary/aromatic N) is 1. The number of nitrogens with one attached hydrogen (secondary N) is 1. The van der Waals surface area contributed by atoms with Crippen molar-refractivity contribution in [3.8, 4) is 11.5 Å². The first-order valence-electron chi connectivity index (χ1n) is 7.67. The minimum atomic E-state index is -4.53. The van der Waals surface area contributed by atoms with Crippen LogP contribution in [0.2, 0.25) is 0 Å². The molecule has 0 unspecified atom stereocenters. The van der Waals surface area contributed by atoms with E-state index < -0.39 is 31.2 Å². The number of aromatic nitrogens is 1. The van der Waals surface area contributed by atoms with Crippen LogP contribution in [0.1, 0.15) is 16.1 Å². The first-order chi connectivity index (χ1) is 12.7. The molecule has 0 atom stereocenters. The van der Waals surface area contributed by atoms with Crippen molar-refractivity contribution in [2.45, 2.75) is 12.7 Å². The Balaban J connectivity index is 2.16. The molecule has 1 aromatic heterocycles. The molecule has 2 aromatic rings. The van der Waals surface area contributed by atoms with E-state index in [1.165, 1.54) is 12.1 Å². The van der Waals surface area contributed by atoms with Crippen LogP contribution >= 0.6 is 0 Å². The number of carbonyl (C=O) groups is 2. The van der Waals surface area contributed by atoms with Crippen LogP contribution < -0.4 is 20.5 Å². The number of hydrogen-bond acceptors (Lipinski definition) is 5. The van der Waals surface area contributed by atoms with E-state index >= 15 is 0 Å². The van der Waals surface area contributed by atoms with Crippen molar-refractivity contribution >= 4 is 11.8 Å². The van der Waals surface area contributed by atoms with Crippen LogP contribution in [0, 0.1) is 0 Å². The zero-order chi connectivity index (χ0) is 19.9. The maximum Gasteiger partial charge on any atom is 0.422 e. The van der Waals surface area contributed by atoms with Crippen LogP contribution in [-0.2, 0) is 11.3 Å². The Bertz CT molecular complexity index is 798. The van der Waals surface area contributed by atoms with E-state index in [1.54, 1.807) is 24.4 Å². The van der Waals surface area contributed by atoms with Crippen molar-refractivity contribution in [2.24, 2.45) is 5.73 Å². The molecule has 7 nitrogen and oxygen atoms in total. The number of pyridine rings is 1. The van der Waals surface area contributed by atoms with Gasteiger partial charge in [-0.25, -0.2) is 0 Å². The molecule has 1 aromatic carbocycles. The molecular weight excluding hydrogens is 367 g/mol. The summed E-state index contributed by atoms with van der Waals surface area (Å²) < 4.78 is 46.7. The number of benzene rings is 1. The number of amides is 2. The van der Waals surface area contributed by atoms with Gasteiger partial charge in [0, 0.05) is 6.20 Å². The molecule has 0 saturated heterocycles. The Labute approximate surface area is 152 Å². The molecule has 144 valence electrons. The number of halogens is 3. The molecule has 0 aliphatic heterocycles. The molecule has 10 heteroatoms. The lowest BCUT2D eigenvalue weighted by atomic mass is 10.1. The SMILES string of the molecule is NC(=O)COc1ccc(OCC(F)(F)F)cc1C(=O)NCc1ccccn1. The number of carbonyl (C=O) groups excluding carboxylic acids is 2. The van der Waals surface area contributed by atoms with Gasteiger partial charge < -0.3 is 20.5 Å². The van der Waals surface area contributed by atoms with Crippen molar-refractivity contribution in [2.75, 3.05) is 13.2 Å².